The minimum absolute atomic E-state index is 0.421. The van der Waals surface area contributed by atoms with Crippen LogP contribution in [0.4, 0.5) is 0 Å². The summed E-state index contributed by atoms with van der Waals surface area (Å²) in [6.07, 6.45) is 2.58. The average molecular weight is 343 g/mol. The fourth-order valence-electron chi connectivity index (χ4n) is 3.25. The number of benzene rings is 1. The maximum atomic E-state index is 11.9. The first kappa shape index (κ1) is 17.2. The zero-order valence-electron chi connectivity index (χ0n) is 14.1. The third kappa shape index (κ3) is 3.74. The van der Waals surface area contributed by atoms with Crippen molar-refractivity contribution in [3.8, 4) is 11.3 Å². The Bertz CT molecular complexity index is 767. The predicted octanol–water partition coefficient (Wildman–Crippen LogP) is 3.17. The first-order chi connectivity index (χ1) is 12.1. The van der Waals surface area contributed by atoms with E-state index in [2.05, 4.69) is 0 Å². The molecule has 0 amide bonds. The lowest BCUT2D eigenvalue weighted by Crippen LogP contribution is -2.43. The van der Waals surface area contributed by atoms with Crippen molar-refractivity contribution in [2.45, 2.75) is 31.8 Å². The summed E-state index contributed by atoms with van der Waals surface area (Å²) in [6, 6.07) is 10.3. The van der Waals surface area contributed by atoms with Crippen LogP contribution >= 0.6 is 0 Å². The number of piperidine rings is 1. The summed E-state index contributed by atoms with van der Waals surface area (Å²) in [6.45, 7) is 1.18. The molecule has 132 valence electrons. The summed E-state index contributed by atoms with van der Waals surface area (Å²) in [5, 5.41) is 9.37. The molecule has 1 aromatic carbocycles. The van der Waals surface area contributed by atoms with Crippen molar-refractivity contribution >= 4 is 11.9 Å². The molecule has 6 heteroatoms. The fraction of sp³-hybridized carbons (Fsp3) is 0.368. The molecule has 1 aromatic heterocycles. The average Bonchev–Trinajstić information content (AvgIpc) is 3.09. The van der Waals surface area contributed by atoms with Crippen LogP contribution in [0.15, 0.2) is 40.8 Å². The monoisotopic (exact) mass is 343 g/mol. The number of carbonyl (C=O) groups is 2. The molecule has 2 heterocycles. The number of esters is 1. The molecule has 0 spiro atoms. The number of carboxylic acids is 1. The minimum Gasteiger partial charge on any atom is -0.480 e. The van der Waals surface area contributed by atoms with Crippen molar-refractivity contribution in [2.24, 2.45) is 0 Å². The third-order valence-electron chi connectivity index (χ3n) is 4.52. The maximum absolute atomic E-state index is 11.9. The number of furan rings is 1. The van der Waals surface area contributed by atoms with Gasteiger partial charge in [0.25, 0.3) is 0 Å². The van der Waals surface area contributed by atoms with Crippen LogP contribution in [0.1, 0.15) is 35.4 Å². The van der Waals surface area contributed by atoms with E-state index >= 15 is 0 Å². The van der Waals surface area contributed by atoms with Gasteiger partial charge in [-0.1, -0.05) is 24.6 Å². The predicted molar refractivity (Wildman–Crippen MR) is 91.2 cm³/mol. The molecule has 1 aliphatic rings. The molecule has 1 saturated heterocycles. The lowest BCUT2D eigenvalue weighted by Gasteiger charge is -2.32. The molecule has 6 nitrogen and oxygen atoms in total. The molecule has 1 atom stereocenters. The highest BCUT2D eigenvalue weighted by Crippen LogP contribution is 2.28. The number of hydrogen-bond donors (Lipinski definition) is 1. The number of ether oxygens (including phenoxy) is 1. The van der Waals surface area contributed by atoms with Gasteiger partial charge < -0.3 is 14.3 Å². The lowest BCUT2D eigenvalue weighted by atomic mass is 10.0. The van der Waals surface area contributed by atoms with Crippen molar-refractivity contribution in [1.82, 2.24) is 4.90 Å². The summed E-state index contributed by atoms with van der Waals surface area (Å²) in [5.74, 6) is 0.0424. The van der Waals surface area contributed by atoms with Gasteiger partial charge in [0.2, 0.25) is 0 Å². The molecule has 1 unspecified atom stereocenters. The molecule has 0 saturated carbocycles. The third-order valence-corrected chi connectivity index (χ3v) is 4.52. The molecule has 3 rings (SSSR count). The van der Waals surface area contributed by atoms with Gasteiger partial charge in [0.15, 0.2) is 0 Å². The van der Waals surface area contributed by atoms with E-state index in [0.29, 0.717) is 35.6 Å². The van der Waals surface area contributed by atoms with E-state index in [0.717, 1.165) is 19.4 Å². The van der Waals surface area contributed by atoms with Crippen molar-refractivity contribution in [3.63, 3.8) is 0 Å². The van der Waals surface area contributed by atoms with E-state index in [1.54, 1.807) is 24.3 Å². The van der Waals surface area contributed by atoms with Crippen LogP contribution in [0.2, 0.25) is 0 Å². The number of aliphatic carboxylic acids is 1. The Hall–Kier alpha value is -2.60. The number of carboxylic acid groups (broad SMARTS) is 1. The van der Waals surface area contributed by atoms with Crippen molar-refractivity contribution < 1.29 is 23.8 Å². The summed E-state index contributed by atoms with van der Waals surface area (Å²) in [7, 11) is 1.34. The maximum Gasteiger partial charge on any atom is 0.338 e. The van der Waals surface area contributed by atoms with Gasteiger partial charge in [0.1, 0.15) is 17.6 Å². The van der Waals surface area contributed by atoms with Gasteiger partial charge in [-0.2, -0.15) is 0 Å². The van der Waals surface area contributed by atoms with E-state index in [9.17, 15) is 14.7 Å². The molecule has 0 radical (unpaired) electrons. The van der Waals surface area contributed by atoms with Gasteiger partial charge in [-0.15, -0.1) is 0 Å². The minimum atomic E-state index is -0.789. The topological polar surface area (TPSA) is 80.0 Å². The molecular weight excluding hydrogens is 322 g/mol. The Morgan fingerprint density at radius 2 is 2.04 bits per heavy atom. The van der Waals surface area contributed by atoms with Crippen LogP contribution in [-0.4, -0.2) is 41.6 Å². The largest absolute Gasteiger partial charge is 0.480 e. The van der Waals surface area contributed by atoms with Gasteiger partial charge in [-0.3, -0.25) is 9.69 Å². The van der Waals surface area contributed by atoms with Gasteiger partial charge >= 0.3 is 11.9 Å². The zero-order chi connectivity index (χ0) is 17.8. The smallest absolute Gasteiger partial charge is 0.338 e. The SMILES string of the molecule is COC(=O)c1ccccc1-c1ccc(CN2CCCCC2C(=O)O)o1. The van der Waals surface area contributed by atoms with Crippen molar-refractivity contribution in [1.29, 1.82) is 0 Å². The molecule has 0 bridgehead atoms. The molecule has 25 heavy (non-hydrogen) atoms. The van der Waals surface area contributed by atoms with Gasteiger partial charge in [0, 0.05) is 5.56 Å². The number of carbonyl (C=O) groups excluding carboxylic acids is 1. The highest BCUT2D eigenvalue weighted by Gasteiger charge is 2.29. The lowest BCUT2D eigenvalue weighted by molar-refractivity contribution is -0.145. The number of hydrogen-bond acceptors (Lipinski definition) is 5. The molecule has 0 aliphatic carbocycles. The van der Waals surface area contributed by atoms with E-state index in [4.69, 9.17) is 9.15 Å². The number of likely N-dealkylation sites (tertiary alicyclic amines) is 1. The first-order valence-electron chi connectivity index (χ1n) is 8.33. The Labute approximate surface area is 146 Å². The second kappa shape index (κ2) is 7.53. The van der Waals surface area contributed by atoms with Crippen LogP contribution in [0, 0.1) is 0 Å². The van der Waals surface area contributed by atoms with Gasteiger partial charge in [-0.25, -0.2) is 4.79 Å². The molecular formula is C19H21NO5. The Morgan fingerprint density at radius 1 is 1.24 bits per heavy atom. The summed E-state index contributed by atoms with van der Waals surface area (Å²) in [5.41, 5.74) is 1.10. The van der Waals surface area contributed by atoms with E-state index in [-0.39, 0.29) is 0 Å². The zero-order valence-corrected chi connectivity index (χ0v) is 14.1. The number of nitrogens with zero attached hydrogens (tertiary/aromatic N) is 1. The van der Waals surface area contributed by atoms with Crippen LogP contribution in [-0.2, 0) is 16.1 Å². The second-order valence-corrected chi connectivity index (χ2v) is 6.12. The summed E-state index contributed by atoms with van der Waals surface area (Å²) < 4.78 is 10.7. The molecule has 2 aromatic rings. The molecule has 1 aliphatic heterocycles. The van der Waals surface area contributed by atoms with Gasteiger partial charge in [-0.05, 0) is 37.6 Å². The van der Waals surface area contributed by atoms with Crippen LogP contribution in [0.25, 0.3) is 11.3 Å². The Kier molecular flexibility index (Phi) is 5.19. The highest BCUT2D eigenvalue weighted by molar-refractivity contribution is 5.96. The molecule has 1 N–H and O–H groups in total. The fourth-order valence-corrected chi connectivity index (χ4v) is 3.25. The van der Waals surface area contributed by atoms with E-state index in [1.807, 2.05) is 17.0 Å². The number of rotatable bonds is 5. The first-order valence-corrected chi connectivity index (χ1v) is 8.33. The Morgan fingerprint density at radius 3 is 2.80 bits per heavy atom. The number of methoxy groups -OCH3 is 1. The van der Waals surface area contributed by atoms with Crippen molar-refractivity contribution in [2.75, 3.05) is 13.7 Å². The van der Waals surface area contributed by atoms with Gasteiger partial charge in [0.05, 0.1) is 19.2 Å². The normalized spacial score (nSPS) is 18.0. The molecule has 1 fully saturated rings. The highest BCUT2D eigenvalue weighted by atomic mass is 16.5. The summed E-state index contributed by atoms with van der Waals surface area (Å²) in [4.78, 5) is 25.3. The second-order valence-electron chi connectivity index (χ2n) is 6.12. The standard InChI is InChI=1S/C19H21NO5/c1-24-19(23)15-7-3-2-6-14(15)17-10-9-13(25-17)12-20-11-5-4-8-16(20)18(21)22/h2-3,6-7,9-10,16H,4-5,8,11-12H2,1H3,(H,21,22). The van der Waals surface area contributed by atoms with Crippen LogP contribution < -0.4 is 0 Å². The van der Waals surface area contributed by atoms with Crippen LogP contribution in [0.3, 0.4) is 0 Å². The quantitative estimate of drug-likeness (QED) is 0.840. The summed E-state index contributed by atoms with van der Waals surface area (Å²) >= 11 is 0. The van der Waals surface area contributed by atoms with Crippen molar-refractivity contribution in [3.05, 3.63) is 47.7 Å². The Balaban J connectivity index is 1.81. The van der Waals surface area contributed by atoms with E-state index < -0.39 is 18.0 Å². The van der Waals surface area contributed by atoms with E-state index in [1.165, 1.54) is 7.11 Å². The van der Waals surface area contributed by atoms with Crippen LogP contribution in [0.5, 0.6) is 0 Å².